The molecule has 1 saturated carbocycles. The zero-order chi connectivity index (χ0) is 11.3. The molecule has 0 radical (unpaired) electrons. The second kappa shape index (κ2) is 3.31. The monoisotopic (exact) mass is 223 g/mol. The smallest absolute Gasteiger partial charge is 0.310 e. The van der Waals surface area contributed by atoms with Crippen LogP contribution < -0.4 is 5.32 Å². The molecule has 0 spiro atoms. The number of carbonyl (C=O) groups excluding carboxylic acids is 1. The van der Waals surface area contributed by atoms with Crippen molar-refractivity contribution in [1.29, 1.82) is 0 Å². The fraction of sp³-hybridized carbons (Fsp3) is 0.636. The lowest BCUT2D eigenvalue weighted by molar-refractivity contribution is -0.146. The summed E-state index contributed by atoms with van der Waals surface area (Å²) in [4.78, 5) is 23.0. The van der Waals surface area contributed by atoms with E-state index < -0.39 is 23.9 Å². The molecule has 5 heteroatoms. The molecule has 0 unspecified atom stereocenters. The average Bonchev–Trinajstić information content (AvgIpc) is 2.81. The summed E-state index contributed by atoms with van der Waals surface area (Å²) in [6.07, 6.45) is 4.75. The van der Waals surface area contributed by atoms with Crippen molar-refractivity contribution < 1.29 is 19.4 Å². The molecular formula is C11H13NO4. The molecule has 3 aliphatic rings. The minimum Gasteiger partial charge on any atom is -0.481 e. The Bertz CT molecular complexity index is 374. The molecule has 2 fully saturated rings. The zero-order valence-electron chi connectivity index (χ0n) is 8.63. The van der Waals surface area contributed by atoms with Crippen LogP contribution in [0.3, 0.4) is 0 Å². The van der Waals surface area contributed by atoms with E-state index in [1.165, 1.54) is 0 Å². The van der Waals surface area contributed by atoms with Gasteiger partial charge in [0.05, 0.1) is 18.1 Å². The first-order valence-electron chi connectivity index (χ1n) is 5.54. The van der Waals surface area contributed by atoms with Gasteiger partial charge >= 0.3 is 5.97 Å². The summed E-state index contributed by atoms with van der Waals surface area (Å²) in [5.74, 6) is -2.42. The maximum absolute atomic E-state index is 11.9. The summed E-state index contributed by atoms with van der Waals surface area (Å²) >= 11 is 0. The molecular weight excluding hydrogens is 210 g/mol. The van der Waals surface area contributed by atoms with Crippen molar-refractivity contribution in [2.75, 3.05) is 0 Å². The average molecular weight is 223 g/mol. The number of hydrogen-bond acceptors (Lipinski definition) is 3. The molecule has 2 heterocycles. The summed E-state index contributed by atoms with van der Waals surface area (Å²) < 4.78 is 5.43. The fourth-order valence-electron chi connectivity index (χ4n) is 2.44. The van der Waals surface area contributed by atoms with Gasteiger partial charge in [0.1, 0.15) is 5.92 Å². The van der Waals surface area contributed by atoms with Crippen LogP contribution in [0.5, 0.6) is 0 Å². The lowest BCUT2D eigenvalue weighted by Gasteiger charge is -2.20. The molecule has 3 rings (SSSR count). The van der Waals surface area contributed by atoms with Gasteiger partial charge in [-0.1, -0.05) is 12.2 Å². The van der Waals surface area contributed by atoms with Crippen molar-refractivity contribution in [2.24, 2.45) is 11.8 Å². The van der Waals surface area contributed by atoms with Crippen LogP contribution in [0.15, 0.2) is 12.2 Å². The van der Waals surface area contributed by atoms with Crippen LogP contribution >= 0.6 is 0 Å². The Balaban J connectivity index is 1.78. The van der Waals surface area contributed by atoms with Gasteiger partial charge in [0, 0.05) is 6.04 Å². The molecule has 0 aromatic rings. The Morgan fingerprint density at radius 3 is 2.38 bits per heavy atom. The van der Waals surface area contributed by atoms with E-state index in [1.807, 2.05) is 0 Å². The highest BCUT2D eigenvalue weighted by molar-refractivity contribution is 5.87. The molecule has 86 valence electrons. The molecule has 1 amide bonds. The SMILES string of the molecule is O=C(O)[C@@H]1[C@H](C(=O)NC2CC2)[C@H]2C=C[C@H]1O2. The third-order valence-electron chi connectivity index (χ3n) is 3.41. The lowest BCUT2D eigenvalue weighted by Crippen LogP contribution is -2.43. The van der Waals surface area contributed by atoms with Crippen molar-refractivity contribution in [3.05, 3.63) is 12.2 Å². The van der Waals surface area contributed by atoms with Gasteiger partial charge in [-0.3, -0.25) is 9.59 Å². The predicted molar refractivity (Wildman–Crippen MR) is 53.6 cm³/mol. The van der Waals surface area contributed by atoms with Crippen LogP contribution in [0.4, 0.5) is 0 Å². The van der Waals surface area contributed by atoms with Gasteiger partial charge in [-0.2, -0.15) is 0 Å². The Morgan fingerprint density at radius 2 is 1.81 bits per heavy atom. The van der Waals surface area contributed by atoms with Gasteiger partial charge in [0.2, 0.25) is 5.91 Å². The highest BCUT2D eigenvalue weighted by Gasteiger charge is 2.53. The first-order chi connectivity index (χ1) is 7.66. The Morgan fingerprint density at radius 1 is 1.19 bits per heavy atom. The summed E-state index contributed by atoms with van der Waals surface area (Å²) in [7, 11) is 0. The van der Waals surface area contributed by atoms with Crippen LogP contribution in [-0.4, -0.2) is 35.2 Å². The first kappa shape index (κ1) is 9.84. The molecule has 4 atom stereocenters. The molecule has 1 saturated heterocycles. The molecule has 2 aliphatic heterocycles. The van der Waals surface area contributed by atoms with Crippen LogP contribution in [-0.2, 0) is 14.3 Å². The van der Waals surface area contributed by atoms with Gasteiger partial charge in [-0.15, -0.1) is 0 Å². The predicted octanol–water partition coefficient (Wildman–Crippen LogP) is -0.0808. The number of ether oxygens (including phenoxy) is 1. The van der Waals surface area contributed by atoms with Crippen LogP contribution in [0.2, 0.25) is 0 Å². The van der Waals surface area contributed by atoms with Crippen molar-refractivity contribution in [1.82, 2.24) is 5.32 Å². The summed E-state index contributed by atoms with van der Waals surface area (Å²) in [6, 6.07) is 0.255. The normalized spacial score (nSPS) is 40.0. The van der Waals surface area contributed by atoms with Gasteiger partial charge in [-0.25, -0.2) is 0 Å². The highest BCUT2D eigenvalue weighted by Crippen LogP contribution is 2.39. The van der Waals surface area contributed by atoms with E-state index in [1.54, 1.807) is 12.2 Å². The molecule has 0 aromatic heterocycles. The van der Waals surface area contributed by atoms with Crippen LogP contribution in [0.1, 0.15) is 12.8 Å². The second-order valence-corrected chi connectivity index (χ2v) is 4.62. The number of carbonyl (C=O) groups is 2. The number of carboxylic acid groups (broad SMARTS) is 1. The number of fused-ring (bicyclic) bond motifs is 2. The molecule has 1 aliphatic carbocycles. The molecule has 2 bridgehead atoms. The van der Waals surface area contributed by atoms with Crippen LogP contribution in [0, 0.1) is 11.8 Å². The second-order valence-electron chi connectivity index (χ2n) is 4.62. The van der Waals surface area contributed by atoms with Crippen LogP contribution in [0.25, 0.3) is 0 Å². The standard InChI is InChI=1S/C11H13NO4/c13-10(12-5-1-2-5)8-6-3-4-7(16-6)9(8)11(14)15/h3-9H,1-2H2,(H,12,13)(H,14,15)/t6-,7-,8-,9+/m1/s1. The van der Waals surface area contributed by atoms with Crippen molar-refractivity contribution in [3.8, 4) is 0 Å². The lowest BCUT2D eigenvalue weighted by atomic mass is 9.82. The summed E-state index contributed by atoms with van der Waals surface area (Å²) in [5, 5.41) is 12.0. The van der Waals surface area contributed by atoms with E-state index in [2.05, 4.69) is 5.32 Å². The van der Waals surface area contributed by atoms with Gasteiger partial charge < -0.3 is 15.2 Å². The topological polar surface area (TPSA) is 75.6 Å². The van der Waals surface area contributed by atoms with Gasteiger partial charge in [-0.05, 0) is 12.8 Å². The van der Waals surface area contributed by atoms with E-state index in [-0.39, 0.29) is 18.1 Å². The maximum Gasteiger partial charge on any atom is 0.310 e. The minimum atomic E-state index is -0.951. The summed E-state index contributed by atoms with van der Waals surface area (Å²) in [5.41, 5.74) is 0. The fourth-order valence-corrected chi connectivity index (χ4v) is 2.44. The largest absolute Gasteiger partial charge is 0.481 e. The Labute approximate surface area is 92.5 Å². The zero-order valence-corrected chi connectivity index (χ0v) is 8.63. The Kier molecular flexibility index (Phi) is 2.04. The van der Waals surface area contributed by atoms with E-state index in [4.69, 9.17) is 9.84 Å². The molecule has 5 nitrogen and oxygen atoms in total. The third-order valence-corrected chi connectivity index (χ3v) is 3.41. The quantitative estimate of drug-likeness (QED) is 0.656. The first-order valence-corrected chi connectivity index (χ1v) is 5.54. The number of amides is 1. The van der Waals surface area contributed by atoms with Gasteiger partial charge in [0.15, 0.2) is 0 Å². The van der Waals surface area contributed by atoms with E-state index in [9.17, 15) is 9.59 Å². The minimum absolute atomic E-state index is 0.174. The summed E-state index contributed by atoms with van der Waals surface area (Å²) in [6.45, 7) is 0. The number of rotatable bonds is 3. The van der Waals surface area contributed by atoms with Gasteiger partial charge in [0.25, 0.3) is 0 Å². The molecule has 2 N–H and O–H groups in total. The van der Waals surface area contributed by atoms with Crippen molar-refractivity contribution in [3.63, 3.8) is 0 Å². The number of carboxylic acids is 1. The number of aliphatic carboxylic acids is 1. The van der Waals surface area contributed by atoms with E-state index in [0.29, 0.717) is 0 Å². The maximum atomic E-state index is 11.9. The van der Waals surface area contributed by atoms with E-state index >= 15 is 0 Å². The van der Waals surface area contributed by atoms with E-state index in [0.717, 1.165) is 12.8 Å². The number of hydrogen-bond donors (Lipinski definition) is 2. The highest BCUT2D eigenvalue weighted by atomic mass is 16.5. The Hall–Kier alpha value is -1.36. The number of nitrogens with one attached hydrogen (secondary N) is 1. The third kappa shape index (κ3) is 1.43. The molecule has 0 aromatic carbocycles. The van der Waals surface area contributed by atoms with Crippen molar-refractivity contribution in [2.45, 2.75) is 31.1 Å². The van der Waals surface area contributed by atoms with Crippen molar-refractivity contribution >= 4 is 11.9 Å². The molecule has 16 heavy (non-hydrogen) atoms.